The van der Waals surface area contributed by atoms with E-state index < -0.39 is 22.0 Å². The molecule has 0 aliphatic carbocycles. The minimum Gasteiger partial charge on any atom is -0.479 e. The van der Waals surface area contributed by atoms with Crippen molar-refractivity contribution in [3.05, 3.63) is 35.2 Å². The first kappa shape index (κ1) is 19.9. The number of nitrogens with zero attached hydrogens (tertiary/aromatic N) is 2. The average Bonchev–Trinajstić information content (AvgIpc) is 2.91. The van der Waals surface area contributed by atoms with Crippen LogP contribution in [0.5, 0.6) is 5.75 Å². The molecule has 0 fully saturated rings. The molecule has 2 amide bonds. The first-order valence-electron chi connectivity index (χ1n) is 8.74. The monoisotopic (exact) mass is 406 g/mol. The first-order valence-corrected chi connectivity index (χ1v) is 10.2. The van der Waals surface area contributed by atoms with Gasteiger partial charge in [0.25, 0.3) is 15.9 Å². The number of aromatic nitrogens is 2. The number of rotatable bonds is 5. The highest BCUT2D eigenvalue weighted by Gasteiger charge is 2.28. The molecule has 10 heteroatoms. The van der Waals surface area contributed by atoms with E-state index in [-0.39, 0.29) is 23.0 Å². The third-order valence-electron chi connectivity index (χ3n) is 4.48. The Morgan fingerprint density at radius 2 is 2.07 bits per heavy atom. The van der Waals surface area contributed by atoms with Gasteiger partial charge in [-0.05, 0) is 44.4 Å². The van der Waals surface area contributed by atoms with Crippen molar-refractivity contribution >= 4 is 27.5 Å². The molecule has 28 heavy (non-hydrogen) atoms. The molecule has 1 aliphatic heterocycles. The van der Waals surface area contributed by atoms with Crippen molar-refractivity contribution in [2.24, 2.45) is 7.05 Å². The van der Waals surface area contributed by atoms with E-state index >= 15 is 0 Å². The van der Waals surface area contributed by atoms with Gasteiger partial charge < -0.3 is 10.1 Å². The molecule has 0 spiro atoms. The number of fused-ring (bicyclic) bond motifs is 1. The van der Waals surface area contributed by atoms with Gasteiger partial charge in [0.2, 0.25) is 5.91 Å². The number of aryl methyl sites for hydroxylation is 4. The van der Waals surface area contributed by atoms with Crippen molar-refractivity contribution in [2.45, 2.75) is 44.6 Å². The van der Waals surface area contributed by atoms with Crippen LogP contribution in [-0.2, 0) is 33.1 Å². The van der Waals surface area contributed by atoms with Crippen molar-refractivity contribution in [2.75, 3.05) is 5.32 Å². The Balaban J connectivity index is 1.75. The van der Waals surface area contributed by atoms with Crippen LogP contribution in [0.4, 0.5) is 5.69 Å². The quantitative estimate of drug-likeness (QED) is 0.770. The van der Waals surface area contributed by atoms with Gasteiger partial charge in [-0.25, -0.2) is 13.1 Å². The van der Waals surface area contributed by atoms with Crippen LogP contribution >= 0.6 is 0 Å². The smallest absolute Gasteiger partial charge is 0.265 e. The molecule has 1 aromatic heterocycles. The molecule has 0 bridgehead atoms. The van der Waals surface area contributed by atoms with Crippen LogP contribution in [0.1, 0.15) is 30.2 Å². The summed E-state index contributed by atoms with van der Waals surface area (Å²) < 4.78 is 34.6. The minimum absolute atomic E-state index is 0.0132. The molecule has 0 saturated carbocycles. The van der Waals surface area contributed by atoms with Gasteiger partial charge in [-0.15, -0.1) is 0 Å². The van der Waals surface area contributed by atoms with Crippen LogP contribution in [-0.4, -0.2) is 36.1 Å². The standard InChI is InChI=1S/C18H22N4O5S/c1-10-7-14-15(27-12(3)18(24)19-14)8-16(10)28(25,26)21-17(23)6-5-13-9-22(4)20-11(13)2/h7-9,12H,5-6H2,1-4H3,(H,19,24)(H,21,23). The summed E-state index contributed by atoms with van der Waals surface area (Å²) in [5, 5.41) is 6.86. The lowest BCUT2D eigenvalue weighted by atomic mass is 10.1. The Labute approximate surface area is 163 Å². The van der Waals surface area contributed by atoms with Crippen LogP contribution in [0, 0.1) is 13.8 Å². The molecule has 1 atom stereocenters. The Morgan fingerprint density at radius 3 is 2.71 bits per heavy atom. The Kier molecular flexibility index (Phi) is 5.16. The van der Waals surface area contributed by atoms with Crippen molar-refractivity contribution in [3.8, 4) is 5.75 Å². The second-order valence-electron chi connectivity index (χ2n) is 6.81. The van der Waals surface area contributed by atoms with Gasteiger partial charge in [0.15, 0.2) is 6.10 Å². The zero-order valence-electron chi connectivity index (χ0n) is 16.1. The maximum Gasteiger partial charge on any atom is 0.265 e. The predicted octanol–water partition coefficient (Wildman–Crippen LogP) is 1.19. The highest BCUT2D eigenvalue weighted by Crippen LogP contribution is 2.34. The van der Waals surface area contributed by atoms with Gasteiger partial charge in [0.1, 0.15) is 5.75 Å². The van der Waals surface area contributed by atoms with Crippen LogP contribution in [0.2, 0.25) is 0 Å². The van der Waals surface area contributed by atoms with Gasteiger partial charge >= 0.3 is 0 Å². The van der Waals surface area contributed by atoms with Crippen molar-refractivity contribution in [1.82, 2.24) is 14.5 Å². The summed E-state index contributed by atoms with van der Waals surface area (Å²) >= 11 is 0. The molecular formula is C18H22N4O5S. The van der Waals surface area contributed by atoms with E-state index in [2.05, 4.69) is 15.1 Å². The van der Waals surface area contributed by atoms with Crippen molar-refractivity contribution < 1.29 is 22.7 Å². The Hall–Kier alpha value is -2.88. The van der Waals surface area contributed by atoms with Crippen molar-refractivity contribution in [3.63, 3.8) is 0 Å². The molecule has 9 nitrogen and oxygen atoms in total. The summed E-state index contributed by atoms with van der Waals surface area (Å²) in [7, 11) is -2.29. The maximum absolute atomic E-state index is 12.7. The molecule has 3 rings (SSSR count). The highest BCUT2D eigenvalue weighted by atomic mass is 32.2. The second-order valence-corrected chi connectivity index (χ2v) is 8.46. The molecule has 2 aromatic rings. The van der Waals surface area contributed by atoms with E-state index in [1.807, 2.05) is 6.92 Å². The summed E-state index contributed by atoms with van der Waals surface area (Å²) in [4.78, 5) is 23.8. The van der Waals surface area contributed by atoms with E-state index in [0.717, 1.165) is 11.3 Å². The zero-order chi connectivity index (χ0) is 20.6. The predicted molar refractivity (Wildman–Crippen MR) is 101 cm³/mol. The van der Waals surface area contributed by atoms with E-state index in [4.69, 9.17) is 4.74 Å². The molecular weight excluding hydrogens is 384 g/mol. The molecule has 1 aromatic carbocycles. The largest absolute Gasteiger partial charge is 0.479 e. The van der Waals surface area contributed by atoms with Gasteiger partial charge in [0, 0.05) is 25.7 Å². The number of anilines is 1. The van der Waals surface area contributed by atoms with Crippen LogP contribution < -0.4 is 14.8 Å². The summed E-state index contributed by atoms with van der Waals surface area (Å²) in [6.45, 7) is 4.98. The first-order chi connectivity index (χ1) is 13.1. The zero-order valence-corrected chi connectivity index (χ0v) is 16.9. The maximum atomic E-state index is 12.7. The number of carbonyl (C=O) groups is 2. The Morgan fingerprint density at radius 1 is 1.36 bits per heavy atom. The fourth-order valence-electron chi connectivity index (χ4n) is 3.03. The molecule has 2 N–H and O–H groups in total. The number of carbonyl (C=O) groups excluding carboxylic acids is 2. The number of benzene rings is 1. The summed E-state index contributed by atoms with van der Waals surface area (Å²) in [5.41, 5.74) is 2.48. The SMILES string of the molecule is Cc1cc2c(cc1S(=O)(=O)NC(=O)CCc1cn(C)nc1C)OC(C)C(=O)N2. The molecule has 0 radical (unpaired) electrons. The molecule has 2 heterocycles. The van der Waals surface area contributed by atoms with Gasteiger partial charge in [-0.2, -0.15) is 5.10 Å². The molecule has 0 saturated heterocycles. The molecule has 150 valence electrons. The van der Waals surface area contributed by atoms with Crippen LogP contribution in [0.15, 0.2) is 23.2 Å². The third kappa shape index (κ3) is 4.01. The van der Waals surface area contributed by atoms with Crippen LogP contribution in [0.3, 0.4) is 0 Å². The van der Waals surface area contributed by atoms with E-state index in [9.17, 15) is 18.0 Å². The number of ether oxygens (including phenoxy) is 1. The number of amides is 2. The summed E-state index contributed by atoms with van der Waals surface area (Å²) in [6, 6.07) is 2.83. The second kappa shape index (κ2) is 7.27. The van der Waals surface area contributed by atoms with Gasteiger partial charge in [-0.1, -0.05) is 0 Å². The average molecular weight is 406 g/mol. The fraction of sp³-hybridized carbons (Fsp3) is 0.389. The molecule has 1 unspecified atom stereocenters. The lowest BCUT2D eigenvalue weighted by molar-refractivity contribution is -0.122. The summed E-state index contributed by atoms with van der Waals surface area (Å²) in [6.07, 6.45) is 1.47. The minimum atomic E-state index is -4.08. The topological polar surface area (TPSA) is 119 Å². The Bertz CT molecular complexity index is 1060. The number of hydrogen-bond donors (Lipinski definition) is 2. The number of nitrogens with one attached hydrogen (secondary N) is 2. The number of sulfonamides is 1. The summed E-state index contributed by atoms with van der Waals surface area (Å²) in [5.74, 6) is -0.666. The van der Waals surface area contributed by atoms with Crippen molar-refractivity contribution in [1.29, 1.82) is 0 Å². The third-order valence-corrected chi connectivity index (χ3v) is 6.00. The fourth-order valence-corrected chi connectivity index (χ4v) is 4.29. The molecule has 1 aliphatic rings. The van der Waals surface area contributed by atoms with Gasteiger partial charge in [-0.3, -0.25) is 14.3 Å². The lowest BCUT2D eigenvalue weighted by Gasteiger charge is -2.24. The normalized spacial score (nSPS) is 16.1. The van der Waals surface area contributed by atoms with Crippen LogP contribution in [0.25, 0.3) is 0 Å². The van der Waals surface area contributed by atoms with E-state index in [0.29, 0.717) is 17.7 Å². The lowest BCUT2D eigenvalue weighted by Crippen LogP contribution is -2.35. The highest BCUT2D eigenvalue weighted by molar-refractivity contribution is 7.90. The number of hydrogen-bond acceptors (Lipinski definition) is 6. The van der Waals surface area contributed by atoms with E-state index in [1.54, 1.807) is 31.8 Å². The van der Waals surface area contributed by atoms with Gasteiger partial charge in [0.05, 0.1) is 16.3 Å². The van der Waals surface area contributed by atoms with E-state index in [1.165, 1.54) is 12.1 Å².